The van der Waals surface area contributed by atoms with E-state index in [9.17, 15) is 4.79 Å². The molecular formula is C21H26N3O+. The zero-order valence-corrected chi connectivity index (χ0v) is 15.3. The van der Waals surface area contributed by atoms with Crippen LogP contribution in [0, 0.1) is 11.3 Å². The molecule has 2 aromatic carbocycles. The van der Waals surface area contributed by atoms with Gasteiger partial charge in [-0.3, -0.25) is 4.79 Å². The van der Waals surface area contributed by atoms with E-state index in [0.29, 0.717) is 17.2 Å². The first-order chi connectivity index (χ1) is 11.9. The lowest BCUT2D eigenvalue weighted by Gasteiger charge is -2.21. The van der Waals surface area contributed by atoms with E-state index in [-0.39, 0.29) is 11.9 Å². The number of amides is 1. The van der Waals surface area contributed by atoms with Gasteiger partial charge in [-0.25, -0.2) is 0 Å². The van der Waals surface area contributed by atoms with Crippen LogP contribution in [0.1, 0.15) is 43.4 Å². The fourth-order valence-electron chi connectivity index (χ4n) is 2.64. The van der Waals surface area contributed by atoms with Gasteiger partial charge in [-0.05, 0) is 36.6 Å². The van der Waals surface area contributed by atoms with E-state index in [0.717, 1.165) is 11.4 Å². The summed E-state index contributed by atoms with van der Waals surface area (Å²) in [5, 5.41) is 11.8. The molecule has 0 aliphatic rings. The Morgan fingerprint density at radius 2 is 1.84 bits per heavy atom. The molecule has 0 aromatic heterocycles. The van der Waals surface area contributed by atoms with Gasteiger partial charge in [-0.15, -0.1) is 0 Å². The molecule has 2 atom stereocenters. The summed E-state index contributed by atoms with van der Waals surface area (Å²) in [6, 6.07) is 17.4. The molecule has 4 heteroatoms. The normalized spacial score (nSPS) is 13.1. The van der Waals surface area contributed by atoms with Gasteiger partial charge < -0.3 is 10.2 Å². The van der Waals surface area contributed by atoms with Crippen LogP contribution in [0.4, 0.5) is 5.69 Å². The van der Waals surface area contributed by atoms with Gasteiger partial charge in [0.15, 0.2) is 6.04 Å². The van der Waals surface area contributed by atoms with E-state index in [1.165, 1.54) is 11.1 Å². The number of carbonyl (C=O) groups is 1. The number of anilines is 1. The van der Waals surface area contributed by atoms with Gasteiger partial charge in [0.05, 0.1) is 18.7 Å². The number of likely N-dealkylation sites (N-methyl/N-ethyl adjacent to an activating group) is 1. The van der Waals surface area contributed by atoms with Crippen molar-refractivity contribution in [3.8, 4) is 6.07 Å². The number of nitrogens with zero attached hydrogens (tertiary/aromatic N) is 1. The smallest absolute Gasteiger partial charge is 0.282 e. The summed E-state index contributed by atoms with van der Waals surface area (Å²) in [4.78, 5) is 13.6. The lowest BCUT2D eigenvalue weighted by Crippen LogP contribution is -3.12. The van der Waals surface area contributed by atoms with Crippen LogP contribution in [0.25, 0.3) is 0 Å². The maximum Gasteiger partial charge on any atom is 0.282 e. The minimum atomic E-state index is -0.199. The summed E-state index contributed by atoms with van der Waals surface area (Å²) in [5.74, 6) is 0.472. The van der Waals surface area contributed by atoms with Gasteiger partial charge >= 0.3 is 0 Å². The molecule has 2 N–H and O–H groups in total. The van der Waals surface area contributed by atoms with Crippen LogP contribution < -0.4 is 10.2 Å². The molecule has 2 rings (SSSR count). The summed E-state index contributed by atoms with van der Waals surface area (Å²) in [7, 11) is 2.02. The molecule has 4 nitrogen and oxygen atoms in total. The highest BCUT2D eigenvalue weighted by Gasteiger charge is 2.22. The Labute approximate surface area is 150 Å². The molecule has 0 heterocycles. The average molecular weight is 336 g/mol. The van der Waals surface area contributed by atoms with Crippen LogP contribution in [-0.2, 0) is 11.3 Å². The number of nitriles is 1. The highest BCUT2D eigenvalue weighted by Crippen LogP contribution is 2.14. The molecule has 0 saturated carbocycles. The molecule has 2 aromatic rings. The zero-order valence-electron chi connectivity index (χ0n) is 15.3. The number of nitrogens with one attached hydrogen (secondary N) is 2. The molecular weight excluding hydrogens is 310 g/mol. The first-order valence-corrected chi connectivity index (χ1v) is 8.63. The molecule has 0 fully saturated rings. The number of quaternary nitrogens is 1. The lowest BCUT2D eigenvalue weighted by molar-refractivity contribution is -0.907. The highest BCUT2D eigenvalue weighted by atomic mass is 16.2. The number of hydrogen-bond donors (Lipinski definition) is 2. The summed E-state index contributed by atoms with van der Waals surface area (Å²) in [6.45, 7) is 7.06. The van der Waals surface area contributed by atoms with Crippen LogP contribution in [-0.4, -0.2) is 19.0 Å². The molecule has 0 spiro atoms. The summed E-state index contributed by atoms with van der Waals surface area (Å²) in [6.07, 6.45) is 0. The fraction of sp³-hybridized carbons (Fsp3) is 0.333. The van der Waals surface area contributed by atoms with Crippen molar-refractivity contribution in [1.82, 2.24) is 0 Å². The van der Waals surface area contributed by atoms with Crippen molar-refractivity contribution in [2.45, 2.75) is 39.3 Å². The van der Waals surface area contributed by atoms with Crippen LogP contribution in [0.15, 0.2) is 48.5 Å². The standard InChI is InChI=1S/C21H25N3O/c1-15(2)19-10-8-17(9-11-19)14-24(4)16(3)21(25)23-20-7-5-6-18(12-20)13-22/h5-12,15-16H,14H2,1-4H3,(H,23,25)/p+1/t16-/m1/s1. The Bertz CT molecular complexity index is 759. The fourth-order valence-corrected chi connectivity index (χ4v) is 2.64. The van der Waals surface area contributed by atoms with Gasteiger partial charge in [-0.1, -0.05) is 44.2 Å². The van der Waals surface area contributed by atoms with Crippen molar-refractivity contribution < 1.29 is 9.69 Å². The summed E-state index contributed by atoms with van der Waals surface area (Å²) >= 11 is 0. The van der Waals surface area contributed by atoms with Crippen molar-refractivity contribution in [1.29, 1.82) is 5.26 Å². The number of hydrogen-bond acceptors (Lipinski definition) is 2. The second kappa shape index (κ2) is 8.46. The number of carbonyl (C=O) groups excluding carboxylic acids is 1. The van der Waals surface area contributed by atoms with Crippen molar-refractivity contribution in [3.05, 3.63) is 65.2 Å². The molecule has 1 amide bonds. The molecule has 0 radical (unpaired) electrons. The third-order valence-corrected chi connectivity index (χ3v) is 4.52. The van der Waals surface area contributed by atoms with Crippen molar-refractivity contribution in [2.24, 2.45) is 0 Å². The zero-order chi connectivity index (χ0) is 18.4. The van der Waals surface area contributed by atoms with E-state index in [4.69, 9.17) is 5.26 Å². The Hall–Kier alpha value is -2.64. The van der Waals surface area contributed by atoms with Gasteiger partial charge in [0.1, 0.15) is 6.54 Å². The van der Waals surface area contributed by atoms with Crippen LogP contribution in [0.3, 0.4) is 0 Å². The molecule has 0 bridgehead atoms. The van der Waals surface area contributed by atoms with Crippen LogP contribution in [0.5, 0.6) is 0 Å². The first-order valence-electron chi connectivity index (χ1n) is 8.63. The highest BCUT2D eigenvalue weighted by molar-refractivity contribution is 5.93. The van der Waals surface area contributed by atoms with E-state index < -0.39 is 0 Å². The van der Waals surface area contributed by atoms with Gasteiger partial charge in [-0.2, -0.15) is 5.26 Å². The van der Waals surface area contributed by atoms with Crippen molar-refractivity contribution in [2.75, 3.05) is 12.4 Å². The van der Waals surface area contributed by atoms with Crippen LogP contribution in [0.2, 0.25) is 0 Å². The predicted octanol–water partition coefficient (Wildman–Crippen LogP) is 2.72. The Morgan fingerprint density at radius 3 is 2.44 bits per heavy atom. The topological polar surface area (TPSA) is 57.3 Å². The van der Waals surface area contributed by atoms with E-state index in [1.807, 2.05) is 14.0 Å². The third-order valence-electron chi connectivity index (χ3n) is 4.52. The second-order valence-corrected chi connectivity index (χ2v) is 6.82. The van der Waals surface area contributed by atoms with Crippen LogP contribution >= 0.6 is 0 Å². The Balaban J connectivity index is 1.97. The van der Waals surface area contributed by atoms with Gasteiger partial charge in [0.25, 0.3) is 5.91 Å². The molecule has 25 heavy (non-hydrogen) atoms. The number of rotatable bonds is 6. The van der Waals surface area contributed by atoms with Gasteiger partial charge in [0.2, 0.25) is 0 Å². The number of benzene rings is 2. The van der Waals surface area contributed by atoms with E-state index in [2.05, 4.69) is 49.5 Å². The van der Waals surface area contributed by atoms with Crippen molar-refractivity contribution >= 4 is 11.6 Å². The SMILES string of the molecule is CC(C)c1ccc(C[NH+](C)[C@H](C)C(=O)Nc2cccc(C#N)c2)cc1. The largest absolute Gasteiger partial charge is 0.324 e. The van der Waals surface area contributed by atoms with Crippen molar-refractivity contribution in [3.63, 3.8) is 0 Å². The second-order valence-electron chi connectivity index (χ2n) is 6.82. The maximum atomic E-state index is 12.5. The molecule has 0 saturated heterocycles. The quantitative estimate of drug-likeness (QED) is 0.852. The Morgan fingerprint density at radius 1 is 1.16 bits per heavy atom. The third kappa shape index (κ3) is 5.17. The average Bonchev–Trinajstić information content (AvgIpc) is 2.61. The maximum absolute atomic E-state index is 12.5. The monoisotopic (exact) mass is 336 g/mol. The molecule has 130 valence electrons. The predicted molar refractivity (Wildman–Crippen MR) is 100 cm³/mol. The molecule has 1 unspecified atom stereocenters. The minimum Gasteiger partial charge on any atom is -0.324 e. The van der Waals surface area contributed by atoms with Gasteiger partial charge in [0, 0.05) is 11.3 Å². The molecule has 0 aliphatic heterocycles. The van der Waals surface area contributed by atoms with E-state index in [1.54, 1.807) is 24.3 Å². The lowest BCUT2D eigenvalue weighted by atomic mass is 10.0. The van der Waals surface area contributed by atoms with E-state index >= 15 is 0 Å². The Kier molecular flexibility index (Phi) is 6.32. The minimum absolute atomic E-state index is 0.0496. The summed E-state index contributed by atoms with van der Waals surface area (Å²) in [5.41, 5.74) is 3.74. The molecule has 0 aliphatic carbocycles. The first kappa shape index (κ1) is 18.7. The summed E-state index contributed by atoms with van der Waals surface area (Å²) < 4.78 is 0.